The second-order valence-electron chi connectivity index (χ2n) is 7.28. The molecule has 0 saturated carbocycles. The van der Waals surface area contributed by atoms with E-state index in [1.807, 2.05) is 81.7 Å². The second kappa shape index (κ2) is 8.21. The lowest BCUT2D eigenvalue weighted by Crippen LogP contribution is -2.14. The first-order valence-corrected chi connectivity index (χ1v) is 9.69. The zero-order valence-electron chi connectivity index (χ0n) is 17.2. The fraction of sp³-hybridized carbons (Fsp3) is 0.125. The molecule has 0 aliphatic carbocycles. The number of hydrogen-bond acceptors (Lipinski definition) is 4. The topological polar surface area (TPSA) is 71.8 Å². The van der Waals surface area contributed by atoms with E-state index >= 15 is 0 Å². The Morgan fingerprint density at radius 1 is 0.933 bits per heavy atom. The molecule has 4 aromatic rings. The number of aryl methyl sites for hydroxylation is 3. The predicted molar refractivity (Wildman–Crippen MR) is 120 cm³/mol. The van der Waals surface area contributed by atoms with Crippen LogP contribution in [0.3, 0.4) is 0 Å². The summed E-state index contributed by atoms with van der Waals surface area (Å²) in [5.74, 6) is 0.394. The molecule has 0 aliphatic heterocycles. The Hall–Kier alpha value is -3.93. The van der Waals surface area contributed by atoms with Crippen LogP contribution < -0.4 is 10.6 Å². The molecule has 0 fully saturated rings. The fourth-order valence-corrected chi connectivity index (χ4v) is 3.13. The van der Waals surface area contributed by atoms with Crippen LogP contribution in [-0.4, -0.2) is 20.7 Å². The zero-order chi connectivity index (χ0) is 21.1. The number of anilines is 3. The van der Waals surface area contributed by atoms with Crippen LogP contribution in [0.1, 0.15) is 21.5 Å². The number of para-hydroxylation sites is 1. The largest absolute Gasteiger partial charge is 0.338 e. The van der Waals surface area contributed by atoms with Crippen LogP contribution >= 0.6 is 0 Å². The van der Waals surface area contributed by atoms with E-state index in [1.165, 1.54) is 0 Å². The van der Waals surface area contributed by atoms with Gasteiger partial charge >= 0.3 is 0 Å². The van der Waals surface area contributed by atoms with Gasteiger partial charge in [0.05, 0.1) is 11.9 Å². The molecule has 0 atom stereocenters. The van der Waals surface area contributed by atoms with Crippen molar-refractivity contribution in [2.45, 2.75) is 13.8 Å². The Morgan fingerprint density at radius 2 is 1.70 bits per heavy atom. The molecule has 0 spiro atoms. The highest BCUT2D eigenvalue weighted by Gasteiger charge is 2.13. The number of rotatable bonds is 5. The first-order chi connectivity index (χ1) is 14.5. The Morgan fingerprint density at radius 3 is 2.40 bits per heavy atom. The maximum atomic E-state index is 12.9. The van der Waals surface area contributed by atoms with Crippen molar-refractivity contribution in [3.05, 3.63) is 89.9 Å². The number of aromatic nitrogens is 3. The molecule has 0 radical (unpaired) electrons. The van der Waals surface area contributed by atoms with E-state index in [0.717, 1.165) is 27.9 Å². The number of carbonyl (C=O) groups is 1. The first-order valence-electron chi connectivity index (χ1n) is 9.69. The van der Waals surface area contributed by atoms with Crippen LogP contribution in [0.15, 0.2) is 73.2 Å². The van der Waals surface area contributed by atoms with Gasteiger partial charge in [0.15, 0.2) is 5.82 Å². The SMILES string of the molecule is Cc1ccc(C(=O)Nc2cc(-c3cnn(C)c3)cnc2Nc2ccccc2C)cc1. The van der Waals surface area contributed by atoms with Gasteiger partial charge in [-0.05, 0) is 43.7 Å². The van der Waals surface area contributed by atoms with Crippen LogP contribution in [-0.2, 0) is 7.05 Å². The van der Waals surface area contributed by atoms with Crippen molar-refractivity contribution in [1.29, 1.82) is 0 Å². The molecule has 0 aliphatic rings. The number of nitrogens with one attached hydrogen (secondary N) is 2. The molecule has 2 aromatic heterocycles. The van der Waals surface area contributed by atoms with Crippen LogP contribution in [0.5, 0.6) is 0 Å². The van der Waals surface area contributed by atoms with Crippen molar-refractivity contribution >= 4 is 23.1 Å². The van der Waals surface area contributed by atoms with Crippen LogP contribution in [0.4, 0.5) is 17.2 Å². The monoisotopic (exact) mass is 397 g/mol. The van der Waals surface area contributed by atoms with Gasteiger partial charge in [0.1, 0.15) is 0 Å². The summed E-state index contributed by atoms with van der Waals surface area (Å²) in [6, 6.07) is 17.3. The number of carbonyl (C=O) groups excluding carboxylic acids is 1. The summed E-state index contributed by atoms with van der Waals surface area (Å²) in [4.78, 5) is 17.5. The average molecular weight is 397 g/mol. The average Bonchev–Trinajstić information content (AvgIpc) is 3.17. The Labute approximate surface area is 175 Å². The summed E-state index contributed by atoms with van der Waals surface area (Å²) in [5, 5.41) is 10.6. The van der Waals surface area contributed by atoms with Gasteiger partial charge in [-0.1, -0.05) is 35.9 Å². The molecule has 2 heterocycles. The Bertz CT molecular complexity index is 1190. The molecule has 150 valence electrons. The van der Waals surface area contributed by atoms with E-state index in [0.29, 0.717) is 17.1 Å². The third-order valence-corrected chi connectivity index (χ3v) is 4.89. The summed E-state index contributed by atoms with van der Waals surface area (Å²) >= 11 is 0. The smallest absolute Gasteiger partial charge is 0.255 e. The molecule has 0 bridgehead atoms. The van der Waals surface area contributed by atoms with E-state index in [-0.39, 0.29) is 5.91 Å². The Balaban J connectivity index is 1.70. The number of amides is 1. The Kier molecular flexibility index (Phi) is 5.30. The van der Waals surface area contributed by atoms with Crippen LogP contribution in [0.2, 0.25) is 0 Å². The van der Waals surface area contributed by atoms with Gasteiger partial charge in [-0.3, -0.25) is 9.48 Å². The number of nitrogens with zero attached hydrogens (tertiary/aromatic N) is 3. The van der Waals surface area contributed by atoms with Crippen molar-refractivity contribution in [2.24, 2.45) is 7.05 Å². The number of hydrogen-bond donors (Lipinski definition) is 2. The molecule has 0 saturated heterocycles. The van der Waals surface area contributed by atoms with E-state index in [1.54, 1.807) is 17.1 Å². The van der Waals surface area contributed by atoms with Gasteiger partial charge in [0.2, 0.25) is 0 Å². The molecular weight excluding hydrogens is 374 g/mol. The summed E-state index contributed by atoms with van der Waals surface area (Å²) in [7, 11) is 1.87. The molecule has 0 unspecified atom stereocenters. The minimum absolute atomic E-state index is 0.187. The van der Waals surface area contributed by atoms with Gasteiger partial charge in [-0.2, -0.15) is 5.10 Å². The van der Waals surface area contributed by atoms with E-state index in [9.17, 15) is 4.79 Å². The highest BCUT2D eigenvalue weighted by molar-refractivity contribution is 6.06. The van der Waals surface area contributed by atoms with Gasteiger partial charge in [-0.15, -0.1) is 0 Å². The molecular formula is C24H23N5O. The summed E-state index contributed by atoms with van der Waals surface area (Å²) in [6.45, 7) is 4.02. The molecule has 2 aromatic carbocycles. The number of benzene rings is 2. The molecule has 1 amide bonds. The molecule has 30 heavy (non-hydrogen) atoms. The van der Waals surface area contributed by atoms with Gasteiger partial charge in [0.25, 0.3) is 5.91 Å². The highest BCUT2D eigenvalue weighted by Crippen LogP contribution is 2.30. The van der Waals surface area contributed by atoms with Crippen molar-refractivity contribution in [3.8, 4) is 11.1 Å². The summed E-state index contributed by atoms with van der Waals surface area (Å²) in [5.41, 5.74) is 6.13. The van der Waals surface area contributed by atoms with E-state index in [2.05, 4.69) is 20.7 Å². The molecule has 6 heteroatoms. The first kappa shape index (κ1) is 19.4. The van der Waals surface area contributed by atoms with Crippen LogP contribution in [0, 0.1) is 13.8 Å². The van der Waals surface area contributed by atoms with Crippen LogP contribution in [0.25, 0.3) is 11.1 Å². The van der Waals surface area contributed by atoms with Crippen molar-refractivity contribution in [2.75, 3.05) is 10.6 Å². The molecule has 4 rings (SSSR count). The van der Waals surface area contributed by atoms with Crippen molar-refractivity contribution < 1.29 is 4.79 Å². The second-order valence-corrected chi connectivity index (χ2v) is 7.28. The maximum Gasteiger partial charge on any atom is 0.255 e. The minimum atomic E-state index is -0.187. The van der Waals surface area contributed by atoms with Gasteiger partial charge < -0.3 is 10.6 Å². The van der Waals surface area contributed by atoms with E-state index in [4.69, 9.17) is 0 Å². The maximum absolute atomic E-state index is 12.9. The minimum Gasteiger partial charge on any atom is -0.338 e. The molecule has 2 N–H and O–H groups in total. The van der Waals surface area contributed by atoms with E-state index < -0.39 is 0 Å². The summed E-state index contributed by atoms with van der Waals surface area (Å²) in [6.07, 6.45) is 5.47. The lowest BCUT2D eigenvalue weighted by Gasteiger charge is -2.15. The third-order valence-electron chi connectivity index (χ3n) is 4.89. The van der Waals surface area contributed by atoms with Gasteiger partial charge in [0, 0.05) is 41.8 Å². The van der Waals surface area contributed by atoms with Gasteiger partial charge in [-0.25, -0.2) is 4.98 Å². The standard InChI is InChI=1S/C24H23N5O/c1-16-8-10-18(11-9-16)24(30)28-22-12-19(20-14-26-29(3)15-20)13-25-23(22)27-21-7-5-4-6-17(21)2/h4-15H,1-3H3,(H,25,27)(H,28,30). The third kappa shape index (κ3) is 4.22. The van der Waals surface area contributed by atoms with Crippen molar-refractivity contribution in [1.82, 2.24) is 14.8 Å². The normalized spacial score (nSPS) is 10.6. The van der Waals surface area contributed by atoms with Crippen molar-refractivity contribution in [3.63, 3.8) is 0 Å². The molecule has 6 nitrogen and oxygen atoms in total. The predicted octanol–water partition coefficient (Wildman–Crippen LogP) is 5.09. The number of pyridine rings is 1. The lowest BCUT2D eigenvalue weighted by atomic mass is 10.1. The zero-order valence-corrected chi connectivity index (χ0v) is 17.2. The lowest BCUT2D eigenvalue weighted by molar-refractivity contribution is 0.102. The highest BCUT2D eigenvalue weighted by atomic mass is 16.1. The summed E-state index contributed by atoms with van der Waals surface area (Å²) < 4.78 is 1.74. The fourth-order valence-electron chi connectivity index (χ4n) is 3.13. The quantitative estimate of drug-likeness (QED) is 0.492.